The molecule has 0 aliphatic rings. The predicted octanol–water partition coefficient (Wildman–Crippen LogP) is 1.45. The average molecular weight is 291 g/mol. The molecule has 0 spiro atoms. The number of nitrogens with one attached hydrogen (secondary N) is 1. The molecule has 0 heterocycles. The molecule has 114 valence electrons. The van der Waals surface area contributed by atoms with Crippen LogP contribution in [0.1, 0.15) is 33.6 Å². The van der Waals surface area contributed by atoms with Gasteiger partial charge in [0.2, 0.25) is 0 Å². The maximum Gasteiger partial charge on any atom is 0.282 e. The van der Waals surface area contributed by atoms with Crippen LogP contribution in [0.4, 0.5) is 0 Å². The molecule has 5 nitrogen and oxygen atoms in total. The molecule has 1 N–H and O–H groups in total. The van der Waals surface area contributed by atoms with Crippen LogP contribution >= 0.6 is 0 Å². The molecular weight excluding hydrogens is 262 g/mol. The fourth-order valence-corrected chi connectivity index (χ4v) is 3.16. The zero-order valence-corrected chi connectivity index (χ0v) is 13.6. The van der Waals surface area contributed by atoms with Gasteiger partial charge in [0.05, 0.1) is 0 Å². The molecule has 0 unspecified atom stereocenters. The third kappa shape index (κ3) is 7.06. The molecule has 0 saturated carbocycles. The number of nitrogens with zero attached hydrogens (tertiary/aromatic N) is 2. The van der Waals surface area contributed by atoms with Crippen molar-refractivity contribution < 1.29 is 8.42 Å². The zero-order chi connectivity index (χ0) is 14.9. The van der Waals surface area contributed by atoms with E-state index < -0.39 is 10.2 Å². The van der Waals surface area contributed by atoms with Crippen LogP contribution in [0.25, 0.3) is 0 Å². The lowest BCUT2D eigenvalue weighted by atomic mass is 10.3. The molecule has 0 saturated heterocycles. The van der Waals surface area contributed by atoms with Crippen molar-refractivity contribution in [2.75, 3.05) is 39.8 Å². The first-order valence-corrected chi connectivity index (χ1v) is 8.32. The van der Waals surface area contributed by atoms with Gasteiger partial charge in [-0.15, -0.1) is 0 Å². The number of hydrogen-bond acceptors (Lipinski definition) is 3. The molecule has 0 atom stereocenters. The molecule has 0 aliphatic carbocycles. The van der Waals surface area contributed by atoms with Gasteiger partial charge in [-0.1, -0.05) is 26.0 Å². The van der Waals surface area contributed by atoms with Crippen LogP contribution in [0.15, 0.2) is 12.2 Å². The maximum atomic E-state index is 12.3. The summed E-state index contributed by atoms with van der Waals surface area (Å²) >= 11 is 0. The summed E-state index contributed by atoms with van der Waals surface area (Å²) in [5.74, 6) is 0. The lowest BCUT2D eigenvalue weighted by molar-refractivity contribution is 0.377. The zero-order valence-electron chi connectivity index (χ0n) is 12.8. The van der Waals surface area contributed by atoms with Gasteiger partial charge in [-0.25, -0.2) is 0 Å². The first kappa shape index (κ1) is 18.6. The highest BCUT2D eigenvalue weighted by Gasteiger charge is 2.24. The van der Waals surface area contributed by atoms with E-state index in [2.05, 4.69) is 18.8 Å². The van der Waals surface area contributed by atoms with Crippen molar-refractivity contribution in [1.29, 1.82) is 0 Å². The number of likely N-dealkylation sites (N-methyl/N-ethyl adjacent to an activating group) is 1. The normalized spacial score (nSPS) is 12.3. The van der Waals surface area contributed by atoms with E-state index in [1.54, 1.807) is 7.05 Å². The Labute approximate surface area is 118 Å². The molecule has 0 amide bonds. The molecule has 19 heavy (non-hydrogen) atoms. The largest absolute Gasteiger partial charge is 0.317 e. The molecule has 0 rings (SSSR count). The van der Waals surface area contributed by atoms with Crippen molar-refractivity contribution in [1.82, 2.24) is 13.9 Å². The molecule has 6 heteroatoms. The van der Waals surface area contributed by atoms with Crippen LogP contribution in [0, 0.1) is 0 Å². The third-order valence-corrected chi connectivity index (χ3v) is 4.78. The minimum Gasteiger partial charge on any atom is -0.317 e. The topological polar surface area (TPSA) is 52.7 Å². The van der Waals surface area contributed by atoms with E-state index in [9.17, 15) is 8.42 Å². The lowest BCUT2D eigenvalue weighted by Crippen LogP contribution is -2.43. The van der Waals surface area contributed by atoms with Crippen molar-refractivity contribution in [3.8, 4) is 0 Å². The smallest absolute Gasteiger partial charge is 0.282 e. The maximum absolute atomic E-state index is 12.3. The van der Waals surface area contributed by atoms with Crippen molar-refractivity contribution in [3.63, 3.8) is 0 Å². The summed E-state index contributed by atoms with van der Waals surface area (Å²) in [4.78, 5) is 0. The predicted molar refractivity (Wildman–Crippen MR) is 81.4 cm³/mol. The summed E-state index contributed by atoms with van der Waals surface area (Å²) in [6, 6.07) is 0. The summed E-state index contributed by atoms with van der Waals surface area (Å²) in [6.45, 7) is 12.8. The highest BCUT2D eigenvalue weighted by atomic mass is 32.2. The van der Waals surface area contributed by atoms with Crippen molar-refractivity contribution in [3.05, 3.63) is 12.2 Å². The van der Waals surface area contributed by atoms with E-state index in [1.807, 2.05) is 13.8 Å². The van der Waals surface area contributed by atoms with Gasteiger partial charge >= 0.3 is 0 Å². The molecule has 0 aromatic carbocycles. The van der Waals surface area contributed by atoms with Gasteiger partial charge in [-0.3, -0.25) is 0 Å². The fraction of sp³-hybridized carbons (Fsp3) is 0.846. The third-order valence-electron chi connectivity index (χ3n) is 2.77. The summed E-state index contributed by atoms with van der Waals surface area (Å²) in [5, 5.41) is 3.27. The first-order chi connectivity index (χ1) is 8.86. The molecule has 0 aliphatic heterocycles. The van der Waals surface area contributed by atoms with Gasteiger partial charge in [-0.2, -0.15) is 17.0 Å². The molecule has 0 fully saturated rings. The van der Waals surface area contributed by atoms with Gasteiger partial charge < -0.3 is 5.32 Å². The highest BCUT2D eigenvalue weighted by Crippen LogP contribution is 2.08. The van der Waals surface area contributed by atoms with Crippen LogP contribution in [-0.2, 0) is 10.2 Å². The standard InChI is InChI=1S/C13H29N3O2S/c1-6-9-14-10-8-11-15(5)19(17,18)16(7-2)12-13(3)4/h14H,3,6-12H2,1-2,4-5H3. The summed E-state index contributed by atoms with van der Waals surface area (Å²) in [6.07, 6.45) is 1.91. The van der Waals surface area contributed by atoms with E-state index >= 15 is 0 Å². The van der Waals surface area contributed by atoms with E-state index in [0.717, 1.165) is 31.5 Å². The second-order valence-corrected chi connectivity index (χ2v) is 6.85. The van der Waals surface area contributed by atoms with E-state index in [0.29, 0.717) is 19.6 Å². The molecular formula is C13H29N3O2S. The van der Waals surface area contributed by atoms with E-state index in [1.165, 1.54) is 8.61 Å². The monoisotopic (exact) mass is 291 g/mol. The van der Waals surface area contributed by atoms with Gasteiger partial charge in [0.25, 0.3) is 10.2 Å². The van der Waals surface area contributed by atoms with E-state index in [4.69, 9.17) is 0 Å². The van der Waals surface area contributed by atoms with Gasteiger partial charge in [0.15, 0.2) is 0 Å². The fourth-order valence-electron chi connectivity index (χ4n) is 1.70. The Morgan fingerprint density at radius 1 is 1.26 bits per heavy atom. The van der Waals surface area contributed by atoms with Crippen molar-refractivity contribution in [2.45, 2.75) is 33.6 Å². The molecule has 0 radical (unpaired) electrons. The lowest BCUT2D eigenvalue weighted by Gasteiger charge is -2.26. The van der Waals surface area contributed by atoms with Crippen LogP contribution in [0.3, 0.4) is 0 Å². The van der Waals surface area contributed by atoms with Crippen LogP contribution in [0.5, 0.6) is 0 Å². The van der Waals surface area contributed by atoms with Crippen LogP contribution in [-0.4, -0.2) is 56.8 Å². The summed E-state index contributed by atoms with van der Waals surface area (Å²) in [7, 11) is -1.73. The quantitative estimate of drug-likeness (QED) is 0.463. The minimum absolute atomic E-state index is 0.386. The summed E-state index contributed by atoms with van der Waals surface area (Å²) in [5.41, 5.74) is 0.850. The Morgan fingerprint density at radius 3 is 2.37 bits per heavy atom. The van der Waals surface area contributed by atoms with Crippen LogP contribution < -0.4 is 5.32 Å². The van der Waals surface area contributed by atoms with Gasteiger partial charge in [0, 0.05) is 26.7 Å². The van der Waals surface area contributed by atoms with Gasteiger partial charge in [0.1, 0.15) is 0 Å². The van der Waals surface area contributed by atoms with Crippen molar-refractivity contribution in [2.24, 2.45) is 0 Å². The Hall–Kier alpha value is -0.430. The Bertz CT molecular complexity index is 355. The number of rotatable bonds is 11. The second kappa shape index (κ2) is 9.47. The summed E-state index contributed by atoms with van der Waals surface area (Å²) < 4.78 is 27.5. The van der Waals surface area contributed by atoms with E-state index in [-0.39, 0.29) is 0 Å². The minimum atomic E-state index is -3.36. The Kier molecular flexibility index (Phi) is 9.26. The Balaban J connectivity index is 4.32. The molecule has 0 bridgehead atoms. The highest BCUT2D eigenvalue weighted by molar-refractivity contribution is 7.86. The molecule has 0 aromatic rings. The SMILES string of the molecule is C=C(C)CN(CC)S(=O)(=O)N(C)CCCNCCC. The average Bonchev–Trinajstić information content (AvgIpc) is 2.34. The molecule has 0 aromatic heterocycles. The first-order valence-electron chi connectivity index (χ1n) is 6.92. The second-order valence-electron chi connectivity index (χ2n) is 4.82. The number of hydrogen-bond donors (Lipinski definition) is 1. The van der Waals surface area contributed by atoms with Crippen molar-refractivity contribution >= 4 is 10.2 Å². The van der Waals surface area contributed by atoms with Crippen LogP contribution in [0.2, 0.25) is 0 Å². The van der Waals surface area contributed by atoms with Gasteiger partial charge in [-0.05, 0) is 32.9 Å². The Morgan fingerprint density at radius 2 is 1.89 bits per heavy atom.